The van der Waals surface area contributed by atoms with Gasteiger partial charge in [-0.05, 0) is 41.5 Å². The minimum Gasteiger partial charge on any atom is -0.289 e. The fourth-order valence-corrected chi connectivity index (χ4v) is 2.75. The lowest BCUT2D eigenvalue weighted by atomic mass is 10.3. The van der Waals surface area contributed by atoms with E-state index in [1.807, 2.05) is 11.9 Å². The van der Waals surface area contributed by atoms with Crippen molar-refractivity contribution in [1.82, 2.24) is 4.90 Å². The molecule has 0 spiro atoms. The van der Waals surface area contributed by atoms with Crippen molar-refractivity contribution in [3.05, 3.63) is 20.3 Å². The molecule has 0 bridgehead atoms. The summed E-state index contributed by atoms with van der Waals surface area (Å²) in [6.45, 7) is 3.41. The molecular formula is C9H11BrN2S. The zero-order valence-electron chi connectivity index (χ0n) is 7.67. The molecule has 0 aromatic carbocycles. The van der Waals surface area contributed by atoms with Crippen LogP contribution in [0.15, 0.2) is 9.85 Å². The molecule has 0 saturated carbocycles. The Morgan fingerprint density at radius 1 is 1.69 bits per heavy atom. The summed E-state index contributed by atoms with van der Waals surface area (Å²) in [6.07, 6.45) is 0. The fourth-order valence-electron chi connectivity index (χ4n) is 1.04. The fraction of sp³-hybridized carbons (Fsp3) is 0.444. The van der Waals surface area contributed by atoms with E-state index in [9.17, 15) is 0 Å². The molecule has 0 radical (unpaired) electrons. The first-order valence-electron chi connectivity index (χ1n) is 3.93. The first-order valence-corrected chi connectivity index (χ1v) is 5.54. The van der Waals surface area contributed by atoms with Crippen molar-refractivity contribution in [2.75, 3.05) is 13.6 Å². The largest absolute Gasteiger partial charge is 0.289 e. The molecule has 0 N–H and O–H groups in total. The van der Waals surface area contributed by atoms with Gasteiger partial charge in [0.2, 0.25) is 0 Å². The Bertz CT molecular complexity index is 307. The highest BCUT2D eigenvalue weighted by Gasteiger charge is 2.05. The highest BCUT2D eigenvalue weighted by molar-refractivity contribution is 9.11. The molecule has 0 atom stereocenters. The van der Waals surface area contributed by atoms with Gasteiger partial charge in [-0.1, -0.05) is 0 Å². The molecule has 0 aliphatic heterocycles. The van der Waals surface area contributed by atoms with Crippen molar-refractivity contribution < 1.29 is 0 Å². The molecule has 2 nitrogen and oxygen atoms in total. The van der Waals surface area contributed by atoms with E-state index in [1.54, 1.807) is 11.3 Å². The van der Waals surface area contributed by atoms with E-state index in [2.05, 4.69) is 35.0 Å². The number of aryl methyl sites for hydroxylation is 1. The number of rotatable bonds is 3. The second-order valence-electron chi connectivity index (χ2n) is 3.00. The quantitative estimate of drug-likeness (QED) is 0.780. The first-order chi connectivity index (χ1) is 6.13. The lowest BCUT2D eigenvalue weighted by Crippen LogP contribution is -2.16. The minimum atomic E-state index is 0.481. The van der Waals surface area contributed by atoms with E-state index >= 15 is 0 Å². The van der Waals surface area contributed by atoms with Crippen molar-refractivity contribution in [1.29, 1.82) is 5.26 Å². The maximum absolute atomic E-state index is 8.48. The molecule has 4 heteroatoms. The summed E-state index contributed by atoms with van der Waals surface area (Å²) < 4.78 is 1.19. The van der Waals surface area contributed by atoms with Crippen LogP contribution in [0.2, 0.25) is 0 Å². The predicted molar refractivity (Wildman–Crippen MR) is 58.7 cm³/mol. The summed E-state index contributed by atoms with van der Waals surface area (Å²) in [7, 11) is 1.95. The van der Waals surface area contributed by atoms with Crippen molar-refractivity contribution >= 4 is 27.3 Å². The van der Waals surface area contributed by atoms with Crippen LogP contribution in [0.4, 0.5) is 0 Å². The highest BCUT2D eigenvalue weighted by Crippen LogP contribution is 2.27. The van der Waals surface area contributed by atoms with Gasteiger partial charge in [0.1, 0.15) is 0 Å². The Hall–Kier alpha value is -0.370. The second-order valence-corrected chi connectivity index (χ2v) is 5.45. The van der Waals surface area contributed by atoms with Crippen LogP contribution in [0.1, 0.15) is 10.4 Å². The Morgan fingerprint density at radius 3 is 2.85 bits per heavy atom. The molecule has 1 heterocycles. The smallest absolute Gasteiger partial charge is 0.0866 e. The molecule has 1 rings (SSSR count). The van der Waals surface area contributed by atoms with Crippen LogP contribution < -0.4 is 0 Å². The third-order valence-corrected chi connectivity index (χ3v) is 3.80. The normalized spacial score (nSPS) is 10.4. The number of hydrogen-bond donors (Lipinski definition) is 0. The van der Waals surface area contributed by atoms with Gasteiger partial charge in [-0.3, -0.25) is 4.90 Å². The molecule has 1 aromatic heterocycles. The molecule has 70 valence electrons. The van der Waals surface area contributed by atoms with E-state index < -0.39 is 0 Å². The van der Waals surface area contributed by atoms with E-state index in [0.717, 1.165) is 6.54 Å². The van der Waals surface area contributed by atoms with Crippen LogP contribution in [0.5, 0.6) is 0 Å². The zero-order chi connectivity index (χ0) is 9.84. The Morgan fingerprint density at radius 2 is 2.38 bits per heavy atom. The van der Waals surface area contributed by atoms with Crippen LogP contribution in [-0.4, -0.2) is 18.5 Å². The maximum atomic E-state index is 8.48. The zero-order valence-corrected chi connectivity index (χ0v) is 10.1. The number of nitriles is 1. The summed E-state index contributed by atoms with van der Waals surface area (Å²) in [5, 5.41) is 8.48. The van der Waals surface area contributed by atoms with E-state index in [-0.39, 0.29) is 0 Å². The van der Waals surface area contributed by atoms with Crippen LogP contribution in [0.25, 0.3) is 0 Å². The Labute approximate surface area is 90.9 Å². The summed E-state index contributed by atoms with van der Waals surface area (Å²) in [5.74, 6) is 0. The topological polar surface area (TPSA) is 27.0 Å². The Kier molecular flexibility index (Phi) is 3.91. The van der Waals surface area contributed by atoms with Gasteiger partial charge in [0.25, 0.3) is 0 Å². The minimum absolute atomic E-state index is 0.481. The second kappa shape index (κ2) is 4.75. The van der Waals surface area contributed by atoms with E-state index in [4.69, 9.17) is 5.26 Å². The number of nitrogens with zero attached hydrogens (tertiary/aromatic N) is 2. The van der Waals surface area contributed by atoms with Crippen LogP contribution >= 0.6 is 27.3 Å². The van der Waals surface area contributed by atoms with Gasteiger partial charge in [0, 0.05) is 11.4 Å². The van der Waals surface area contributed by atoms with E-state index in [0.29, 0.717) is 6.54 Å². The van der Waals surface area contributed by atoms with Gasteiger partial charge >= 0.3 is 0 Å². The SMILES string of the molecule is Cc1cc(CN(C)CC#N)sc1Br. The lowest BCUT2D eigenvalue weighted by Gasteiger charge is -2.09. The molecule has 0 amide bonds. The van der Waals surface area contributed by atoms with Crippen molar-refractivity contribution in [3.8, 4) is 6.07 Å². The van der Waals surface area contributed by atoms with Crippen molar-refractivity contribution in [3.63, 3.8) is 0 Å². The molecule has 0 aliphatic carbocycles. The molecule has 1 aromatic rings. The predicted octanol–water partition coefficient (Wildman–Crippen LogP) is 2.77. The van der Waals surface area contributed by atoms with Gasteiger partial charge in [-0.15, -0.1) is 11.3 Å². The van der Waals surface area contributed by atoms with Gasteiger partial charge in [-0.2, -0.15) is 5.26 Å². The summed E-state index contributed by atoms with van der Waals surface area (Å²) in [6, 6.07) is 4.28. The van der Waals surface area contributed by atoms with Crippen LogP contribution in [0.3, 0.4) is 0 Å². The molecule has 13 heavy (non-hydrogen) atoms. The summed E-state index contributed by atoms with van der Waals surface area (Å²) in [4.78, 5) is 3.29. The van der Waals surface area contributed by atoms with Gasteiger partial charge < -0.3 is 0 Å². The maximum Gasteiger partial charge on any atom is 0.0866 e. The number of hydrogen-bond acceptors (Lipinski definition) is 3. The van der Waals surface area contributed by atoms with Crippen LogP contribution in [-0.2, 0) is 6.54 Å². The standard InChI is InChI=1S/C9H11BrN2S/c1-7-5-8(13-9(7)10)6-12(2)4-3-11/h5H,4,6H2,1-2H3. The van der Waals surface area contributed by atoms with Gasteiger partial charge in [0.05, 0.1) is 16.4 Å². The third kappa shape index (κ3) is 3.11. The average Bonchev–Trinajstić information content (AvgIpc) is 2.31. The number of halogens is 1. The van der Waals surface area contributed by atoms with Crippen LogP contribution in [0, 0.1) is 18.3 Å². The molecular weight excluding hydrogens is 248 g/mol. The average molecular weight is 259 g/mol. The third-order valence-electron chi connectivity index (χ3n) is 1.67. The number of thiophene rings is 1. The van der Waals surface area contributed by atoms with E-state index in [1.165, 1.54) is 14.2 Å². The van der Waals surface area contributed by atoms with Gasteiger partial charge in [-0.25, -0.2) is 0 Å². The lowest BCUT2D eigenvalue weighted by molar-refractivity contribution is 0.371. The Balaban J connectivity index is 2.60. The summed E-state index contributed by atoms with van der Waals surface area (Å²) in [5.41, 5.74) is 1.27. The van der Waals surface area contributed by atoms with Crippen molar-refractivity contribution in [2.24, 2.45) is 0 Å². The highest BCUT2D eigenvalue weighted by atomic mass is 79.9. The van der Waals surface area contributed by atoms with Gasteiger partial charge in [0.15, 0.2) is 0 Å². The molecule has 0 unspecified atom stereocenters. The molecule has 0 fully saturated rings. The first kappa shape index (κ1) is 10.7. The molecule has 0 saturated heterocycles. The monoisotopic (exact) mass is 258 g/mol. The van der Waals surface area contributed by atoms with Crippen molar-refractivity contribution in [2.45, 2.75) is 13.5 Å². The summed E-state index contributed by atoms with van der Waals surface area (Å²) >= 11 is 5.21. The molecule has 0 aliphatic rings.